The van der Waals surface area contributed by atoms with E-state index >= 15 is 0 Å². The minimum Gasteiger partial charge on any atom is -0.486 e. The number of rotatable bonds is 5. The van der Waals surface area contributed by atoms with E-state index in [1.54, 1.807) is 4.80 Å². The Balaban J connectivity index is 1.63. The first-order valence-electron chi connectivity index (χ1n) is 9.33. The van der Waals surface area contributed by atoms with Crippen LogP contribution in [-0.2, 0) is 18.7 Å². The fraction of sp³-hybridized carbons (Fsp3) is 0.333. The van der Waals surface area contributed by atoms with Crippen LogP contribution < -0.4 is 4.74 Å². The lowest BCUT2D eigenvalue weighted by Gasteiger charge is -2.15. The molecule has 0 atom stereocenters. The molecule has 0 bridgehead atoms. The third kappa shape index (κ3) is 3.74. The molecule has 28 heavy (non-hydrogen) atoms. The number of ether oxygens (including phenoxy) is 1. The van der Waals surface area contributed by atoms with Gasteiger partial charge in [-0.2, -0.15) is 4.80 Å². The molecule has 2 aromatic carbocycles. The Bertz CT molecular complexity index is 1090. The minimum atomic E-state index is -0.209. The van der Waals surface area contributed by atoms with Crippen molar-refractivity contribution in [2.75, 3.05) is 0 Å². The number of hydrogen-bond donors (Lipinski definition) is 0. The molecule has 0 spiro atoms. The van der Waals surface area contributed by atoms with Gasteiger partial charge < -0.3 is 9.30 Å². The van der Waals surface area contributed by atoms with Crippen LogP contribution in [-0.4, -0.2) is 29.8 Å². The summed E-state index contributed by atoms with van der Waals surface area (Å²) in [5, 5.41) is 13.0. The lowest BCUT2D eigenvalue weighted by Crippen LogP contribution is -2.24. The molecule has 4 rings (SSSR count). The summed E-state index contributed by atoms with van der Waals surface area (Å²) in [6.07, 6.45) is 0. The second-order valence-electron chi connectivity index (χ2n) is 7.87. The normalized spacial score (nSPS) is 11.9. The van der Waals surface area contributed by atoms with Gasteiger partial charge in [-0.15, -0.1) is 10.2 Å². The molecule has 0 saturated carbocycles. The van der Waals surface area contributed by atoms with Gasteiger partial charge in [0, 0.05) is 0 Å². The fourth-order valence-corrected chi connectivity index (χ4v) is 2.93. The van der Waals surface area contributed by atoms with Gasteiger partial charge in [-0.1, -0.05) is 29.8 Å². The summed E-state index contributed by atoms with van der Waals surface area (Å²) in [5.41, 5.74) is 2.94. The largest absolute Gasteiger partial charge is 0.486 e. The molecule has 0 aliphatic carbocycles. The SMILES string of the molecule is Cc1ccc(OCc2nc3ccccc3n2Cc2nnn(C(C)(C)C)n2)cc1. The lowest BCUT2D eigenvalue weighted by molar-refractivity contribution is 0.290. The Morgan fingerprint density at radius 1 is 1.00 bits per heavy atom. The molecule has 4 aromatic rings. The zero-order valence-corrected chi connectivity index (χ0v) is 16.6. The molecule has 0 unspecified atom stereocenters. The van der Waals surface area contributed by atoms with E-state index in [4.69, 9.17) is 9.72 Å². The number of benzene rings is 2. The second kappa shape index (κ2) is 7.07. The van der Waals surface area contributed by atoms with E-state index in [2.05, 4.69) is 26.9 Å². The van der Waals surface area contributed by atoms with E-state index in [1.807, 2.05) is 69.3 Å². The summed E-state index contributed by atoms with van der Waals surface area (Å²) in [4.78, 5) is 6.39. The molecule has 0 N–H and O–H groups in total. The van der Waals surface area contributed by atoms with Crippen LogP contribution in [0.4, 0.5) is 0 Å². The molecule has 7 heteroatoms. The molecule has 0 aliphatic heterocycles. The maximum atomic E-state index is 5.97. The number of tetrazole rings is 1. The molecule has 0 fully saturated rings. The highest BCUT2D eigenvalue weighted by Gasteiger charge is 2.19. The van der Waals surface area contributed by atoms with E-state index in [0.717, 1.165) is 22.6 Å². The third-order valence-electron chi connectivity index (χ3n) is 4.48. The predicted octanol–water partition coefficient (Wildman–Crippen LogP) is 3.71. The van der Waals surface area contributed by atoms with Crippen LogP contribution in [0.3, 0.4) is 0 Å². The average Bonchev–Trinajstić information content (AvgIpc) is 3.27. The summed E-state index contributed by atoms with van der Waals surface area (Å²) in [7, 11) is 0. The van der Waals surface area contributed by atoms with Gasteiger partial charge in [0.25, 0.3) is 0 Å². The molecule has 0 aliphatic rings. The summed E-state index contributed by atoms with van der Waals surface area (Å²) in [6.45, 7) is 9.05. The summed E-state index contributed by atoms with van der Waals surface area (Å²) < 4.78 is 8.06. The van der Waals surface area contributed by atoms with Crippen LogP contribution in [0.2, 0.25) is 0 Å². The van der Waals surface area contributed by atoms with Crippen molar-refractivity contribution in [1.29, 1.82) is 0 Å². The average molecular weight is 376 g/mol. The Labute approximate surface area is 164 Å². The number of aryl methyl sites for hydroxylation is 1. The van der Waals surface area contributed by atoms with Gasteiger partial charge in [-0.25, -0.2) is 4.98 Å². The number of hydrogen-bond acceptors (Lipinski definition) is 5. The Kier molecular flexibility index (Phi) is 4.58. The van der Waals surface area contributed by atoms with Crippen LogP contribution in [0.15, 0.2) is 48.5 Å². The fourth-order valence-electron chi connectivity index (χ4n) is 2.93. The topological polar surface area (TPSA) is 70.7 Å². The molecule has 2 aromatic heterocycles. The van der Waals surface area contributed by atoms with E-state index < -0.39 is 0 Å². The van der Waals surface area contributed by atoms with Crippen molar-refractivity contribution >= 4 is 11.0 Å². The number of nitrogens with zero attached hydrogens (tertiary/aromatic N) is 6. The quantitative estimate of drug-likeness (QED) is 0.531. The highest BCUT2D eigenvalue weighted by molar-refractivity contribution is 5.76. The van der Waals surface area contributed by atoms with Gasteiger partial charge in [0.05, 0.1) is 23.1 Å². The maximum absolute atomic E-state index is 5.97. The van der Waals surface area contributed by atoms with Gasteiger partial charge in [0.1, 0.15) is 18.2 Å². The van der Waals surface area contributed by atoms with Crippen LogP contribution in [0.5, 0.6) is 5.75 Å². The first-order valence-corrected chi connectivity index (χ1v) is 9.33. The molecule has 0 radical (unpaired) electrons. The molecule has 0 amide bonds. The maximum Gasteiger partial charge on any atom is 0.194 e. The van der Waals surface area contributed by atoms with Crippen molar-refractivity contribution in [2.24, 2.45) is 0 Å². The number of para-hydroxylation sites is 2. The zero-order valence-electron chi connectivity index (χ0n) is 16.6. The molecule has 2 heterocycles. The highest BCUT2D eigenvalue weighted by Crippen LogP contribution is 2.20. The van der Waals surface area contributed by atoms with Crippen molar-refractivity contribution in [1.82, 2.24) is 29.8 Å². The summed E-state index contributed by atoms with van der Waals surface area (Å²) >= 11 is 0. The summed E-state index contributed by atoms with van der Waals surface area (Å²) in [6, 6.07) is 16.0. The zero-order chi connectivity index (χ0) is 19.7. The van der Waals surface area contributed by atoms with Crippen molar-refractivity contribution in [2.45, 2.75) is 46.4 Å². The van der Waals surface area contributed by atoms with E-state index in [1.165, 1.54) is 5.56 Å². The number of imidazole rings is 1. The van der Waals surface area contributed by atoms with Gasteiger partial charge in [0.15, 0.2) is 5.82 Å². The lowest BCUT2D eigenvalue weighted by atomic mass is 10.1. The molecular formula is C21H24N6O. The van der Waals surface area contributed by atoms with Crippen LogP contribution in [0.1, 0.15) is 38.0 Å². The summed E-state index contributed by atoms with van der Waals surface area (Å²) in [5.74, 6) is 2.30. The van der Waals surface area contributed by atoms with E-state index in [9.17, 15) is 0 Å². The molecular weight excluding hydrogens is 352 g/mol. The third-order valence-corrected chi connectivity index (χ3v) is 4.48. The van der Waals surface area contributed by atoms with Crippen LogP contribution in [0.25, 0.3) is 11.0 Å². The highest BCUT2D eigenvalue weighted by atomic mass is 16.5. The van der Waals surface area contributed by atoms with Crippen LogP contribution >= 0.6 is 0 Å². The standard InChI is InChI=1S/C21H24N6O/c1-15-9-11-16(12-10-15)28-14-20-22-17-7-5-6-8-18(17)26(20)13-19-23-25-27(24-19)21(2,3)4/h5-12H,13-14H2,1-4H3. The minimum absolute atomic E-state index is 0.209. The van der Waals surface area contributed by atoms with E-state index in [-0.39, 0.29) is 5.54 Å². The first-order chi connectivity index (χ1) is 13.4. The Morgan fingerprint density at radius 3 is 2.46 bits per heavy atom. The predicted molar refractivity (Wildman–Crippen MR) is 107 cm³/mol. The second-order valence-corrected chi connectivity index (χ2v) is 7.87. The van der Waals surface area contributed by atoms with Crippen molar-refractivity contribution in [3.05, 3.63) is 65.7 Å². The molecule has 144 valence electrons. The first kappa shape index (κ1) is 18.2. The van der Waals surface area contributed by atoms with Crippen molar-refractivity contribution in [3.63, 3.8) is 0 Å². The Hall–Kier alpha value is -3.22. The molecule has 0 saturated heterocycles. The van der Waals surface area contributed by atoms with Crippen molar-refractivity contribution in [3.8, 4) is 5.75 Å². The van der Waals surface area contributed by atoms with Gasteiger partial charge >= 0.3 is 0 Å². The van der Waals surface area contributed by atoms with Crippen LogP contribution in [0, 0.1) is 6.92 Å². The monoisotopic (exact) mass is 376 g/mol. The smallest absolute Gasteiger partial charge is 0.194 e. The van der Waals surface area contributed by atoms with Gasteiger partial charge in [-0.05, 0) is 57.2 Å². The van der Waals surface area contributed by atoms with Gasteiger partial charge in [-0.3, -0.25) is 0 Å². The van der Waals surface area contributed by atoms with Crippen molar-refractivity contribution < 1.29 is 4.74 Å². The van der Waals surface area contributed by atoms with Gasteiger partial charge in [0.2, 0.25) is 0 Å². The Morgan fingerprint density at radius 2 is 1.75 bits per heavy atom. The van der Waals surface area contributed by atoms with E-state index in [0.29, 0.717) is 19.0 Å². The number of aromatic nitrogens is 6. The number of fused-ring (bicyclic) bond motifs is 1. The molecule has 7 nitrogen and oxygen atoms in total.